The summed E-state index contributed by atoms with van der Waals surface area (Å²) in [7, 11) is 0.127. The number of benzene rings is 1. The summed E-state index contributed by atoms with van der Waals surface area (Å²) in [5.41, 5.74) is 6.11. The molecule has 0 aromatic heterocycles. The Morgan fingerprint density at radius 2 is 1.68 bits per heavy atom. The molecule has 14 heteroatoms. The molecule has 50 heavy (non-hydrogen) atoms. The fourth-order valence-electron chi connectivity index (χ4n) is 5.47. The molecule has 3 amide bonds. The molecule has 282 valence electrons. The van der Waals surface area contributed by atoms with E-state index in [1.165, 1.54) is 23.8 Å². The Bertz CT molecular complexity index is 1280. The number of nitrogens with one attached hydrogen (secondary N) is 1. The zero-order valence-corrected chi connectivity index (χ0v) is 32.7. The maximum atomic E-state index is 14.0. The smallest absolute Gasteiger partial charge is 0.408 e. The molecule has 1 fully saturated rings. The molecular weight excluding hydrogens is 661 g/mol. The van der Waals surface area contributed by atoms with Crippen molar-refractivity contribution in [3.63, 3.8) is 0 Å². The number of nitrogens with two attached hydrogens (primary N) is 1. The Morgan fingerprint density at radius 1 is 1.04 bits per heavy atom. The summed E-state index contributed by atoms with van der Waals surface area (Å²) >= 11 is 0. The third kappa shape index (κ3) is 14.4. The van der Waals surface area contributed by atoms with Gasteiger partial charge in [0.2, 0.25) is 11.8 Å². The van der Waals surface area contributed by atoms with E-state index in [0.29, 0.717) is 32.4 Å². The van der Waals surface area contributed by atoms with Gasteiger partial charge in [-0.1, -0.05) is 63.8 Å². The van der Waals surface area contributed by atoms with Gasteiger partial charge in [0.15, 0.2) is 12.8 Å². The van der Waals surface area contributed by atoms with Crippen molar-refractivity contribution in [2.24, 2.45) is 11.7 Å². The van der Waals surface area contributed by atoms with Gasteiger partial charge in [0.1, 0.15) is 23.8 Å². The second-order valence-corrected chi connectivity index (χ2v) is 21.3. The van der Waals surface area contributed by atoms with Crippen molar-refractivity contribution in [2.75, 3.05) is 27.0 Å². The van der Waals surface area contributed by atoms with E-state index < -0.39 is 67.9 Å². The van der Waals surface area contributed by atoms with Gasteiger partial charge in [-0.3, -0.25) is 9.59 Å². The number of likely N-dealkylation sites (tertiary alicyclic amines) is 1. The molecule has 0 unspecified atom stereocenters. The van der Waals surface area contributed by atoms with Crippen molar-refractivity contribution >= 4 is 37.9 Å². The number of likely N-dealkylation sites (N-methyl/N-ethyl adjacent to an activating group) is 1. The highest BCUT2D eigenvalue weighted by Crippen LogP contribution is 2.23. The number of carbonyl (C=O) groups is 5. The maximum absolute atomic E-state index is 14.0. The summed E-state index contributed by atoms with van der Waals surface area (Å²) in [6, 6.07) is 5.89. The highest BCUT2D eigenvalue weighted by Gasteiger charge is 2.42. The lowest BCUT2D eigenvalue weighted by molar-refractivity contribution is -0.169. The van der Waals surface area contributed by atoms with E-state index in [-0.39, 0.29) is 25.0 Å². The average Bonchev–Trinajstić information content (AvgIpc) is 3.49. The van der Waals surface area contributed by atoms with Gasteiger partial charge >= 0.3 is 18.0 Å². The Morgan fingerprint density at radius 3 is 2.26 bits per heavy atom. The Balaban J connectivity index is 2.30. The van der Waals surface area contributed by atoms with E-state index in [1.54, 1.807) is 20.8 Å². The topological polar surface area (TPSA) is 167 Å². The first-order chi connectivity index (χ1) is 23.2. The van der Waals surface area contributed by atoms with E-state index in [9.17, 15) is 24.0 Å². The van der Waals surface area contributed by atoms with Gasteiger partial charge in [0, 0.05) is 34.7 Å². The molecule has 13 nitrogen and oxygen atoms in total. The van der Waals surface area contributed by atoms with Crippen LogP contribution >= 0.6 is 0 Å². The first kappa shape index (κ1) is 42.7. The zero-order valence-electron chi connectivity index (χ0n) is 31.7. The lowest BCUT2D eigenvalue weighted by atomic mass is 10.0. The van der Waals surface area contributed by atoms with E-state index in [4.69, 9.17) is 24.7 Å². The van der Waals surface area contributed by atoms with Crippen LogP contribution in [0.2, 0.25) is 25.7 Å². The highest BCUT2D eigenvalue weighted by molar-refractivity contribution is 6.76. The average molecular weight is 721 g/mol. The molecule has 3 N–H and O–H groups in total. The van der Waals surface area contributed by atoms with E-state index >= 15 is 0 Å². The van der Waals surface area contributed by atoms with Crippen molar-refractivity contribution < 1.29 is 42.9 Å². The van der Waals surface area contributed by atoms with Crippen molar-refractivity contribution in [1.29, 1.82) is 0 Å². The molecule has 1 aromatic carbocycles. The number of rotatable bonds is 17. The van der Waals surface area contributed by atoms with Gasteiger partial charge < -0.3 is 39.8 Å². The second-order valence-electron chi connectivity index (χ2n) is 15.6. The lowest BCUT2D eigenvalue weighted by Gasteiger charge is -2.34. The number of esters is 2. The predicted octanol–water partition coefficient (Wildman–Crippen LogP) is 4.10. The number of hydrogen-bond acceptors (Lipinski definition) is 10. The standard InChI is InChI=1S/C36H60N4O9Si/c1-24(2)21-27(37)31(41)40-18-14-17-28(40)32(42)39(7)29(22-26-15-12-11-13-16-26)33(43)48-25(3)30(38-35(45)49-36(4,5)6)34(44)47-23-46-19-20-50(8,9)10/h11-13,15-16,24-25,27-30H,14,17-23,37H2,1-10H3,(H,38,45)/t25-,27+,28+,29+,30+/m1/s1. The molecule has 1 aliphatic rings. The molecule has 1 heterocycles. The minimum atomic E-state index is -1.45. The van der Waals surface area contributed by atoms with Gasteiger partial charge in [-0.25, -0.2) is 14.4 Å². The number of nitrogens with zero attached hydrogens (tertiary/aromatic N) is 2. The molecule has 2 rings (SSSR count). The van der Waals surface area contributed by atoms with Gasteiger partial charge in [0.25, 0.3) is 0 Å². The van der Waals surface area contributed by atoms with Gasteiger partial charge in [0.05, 0.1) is 6.04 Å². The number of carbonyl (C=O) groups excluding carboxylic acids is 5. The van der Waals surface area contributed by atoms with Crippen molar-refractivity contribution in [1.82, 2.24) is 15.1 Å². The summed E-state index contributed by atoms with van der Waals surface area (Å²) in [5.74, 6) is -2.20. The predicted molar refractivity (Wildman–Crippen MR) is 193 cm³/mol. The van der Waals surface area contributed by atoms with Crippen LogP contribution in [0.1, 0.15) is 66.4 Å². The monoisotopic (exact) mass is 720 g/mol. The zero-order chi connectivity index (χ0) is 37.8. The molecule has 0 saturated carbocycles. The van der Waals surface area contributed by atoms with Crippen LogP contribution in [-0.4, -0.2) is 111 Å². The summed E-state index contributed by atoms with van der Waals surface area (Å²) < 4.78 is 22.0. The van der Waals surface area contributed by atoms with Crippen molar-refractivity contribution in [2.45, 2.75) is 129 Å². The summed E-state index contributed by atoms with van der Waals surface area (Å²) in [6.07, 6.45) is -0.501. The number of ether oxygens (including phenoxy) is 4. The van der Waals surface area contributed by atoms with Crippen LogP contribution in [0, 0.1) is 5.92 Å². The van der Waals surface area contributed by atoms with E-state index in [0.717, 1.165) is 11.6 Å². The van der Waals surface area contributed by atoms with Crippen LogP contribution in [-0.2, 0) is 44.5 Å². The summed E-state index contributed by atoms with van der Waals surface area (Å²) in [5, 5.41) is 2.47. The van der Waals surface area contributed by atoms with Gasteiger partial charge in [-0.2, -0.15) is 0 Å². The van der Waals surface area contributed by atoms with Crippen LogP contribution in [0.5, 0.6) is 0 Å². The molecule has 0 aliphatic carbocycles. The fourth-order valence-corrected chi connectivity index (χ4v) is 6.23. The van der Waals surface area contributed by atoms with Crippen LogP contribution in [0.4, 0.5) is 4.79 Å². The largest absolute Gasteiger partial charge is 0.458 e. The van der Waals surface area contributed by atoms with Crippen LogP contribution in [0.3, 0.4) is 0 Å². The Kier molecular flexibility index (Phi) is 16.4. The van der Waals surface area contributed by atoms with E-state index in [2.05, 4.69) is 25.0 Å². The molecule has 1 aromatic rings. The number of hydrogen-bond donors (Lipinski definition) is 2. The fraction of sp³-hybridized carbons (Fsp3) is 0.694. The van der Waals surface area contributed by atoms with Crippen LogP contribution in [0.25, 0.3) is 0 Å². The third-order valence-corrected chi connectivity index (χ3v) is 9.91. The minimum Gasteiger partial charge on any atom is -0.458 e. The van der Waals surface area contributed by atoms with Crippen molar-refractivity contribution in [3.8, 4) is 0 Å². The van der Waals surface area contributed by atoms with Gasteiger partial charge in [-0.05, 0) is 64.5 Å². The molecule has 0 radical (unpaired) electrons. The Hall–Kier alpha value is -3.49. The second kappa shape index (κ2) is 19.2. The van der Waals surface area contributed by atoms with Gasteiger partial charge in [-0.15, -0.1) is 0 Å². The SMILES string of the molecule is CC(C)C[C@H](N)C(=O)N1CCC[C@H]1C(=O)N(C)[C@@H](Cc1ccccc1)C(=O)O[C@H](C)[C@H](NC(=O)OC(C)(C)C)C(=O)OCOCC[Si](C)(C)C. The molecule has 5 atom stereocenters. The summed E-state index contributed by atoms with van der Waals surface area (Å²) in [6.45, 7) is 17.5. The third-order valence-electron chi connectivity index (χ3n) is 8.20. The first-order valence-electron chi connectivity index (χ1n) is 17.5. The highest BCUT2D eigenvalue weighted by atomic mass is 28.3. The molecule has 0 spiro atoms. The Labute approximate surface area is 298 Å². The normalized spacial score (nSPS) is 17.4. The number of alkyl carbamates (subject to hydrolysis) is 1. The molecule has 1 saturated heterocycles. The molecule has 1 aliphatic heterocycles. The molecular formula is C36H60N4O9Si. The molecule has 0 bridgehead atoms. The number of amides is 3. The summed E-state index contributed by atoms with van der Waals surface area (Å²) in [4.78, 5) is 70.1. The lowest BCUT2D eigenvalue weighted by Crippen LogP contribution is -2.56. The van der Waals surface area contributed by atoms with E-state index in [1.807, 2.05) is 44.2 Å². The quantitative estimate of drug-likeness (QED) is 0.0787. The van der Waals surface area contributed by atoms with Crippen LogP contribution < -0.4 is 11.1 Å². The first-order valence-corrected chi connectivity index (χ1v) is 21.2. The van der Waals surface area contributed by atoms with Crippen molar-refractivity contribution in [3.05, 3.63) is 35.9 Å². The minimum absolute atomic E-state index is 0.0989. The van der Waals surface area contributed by atoms with Crippen LogP contribution in [0.15, 0.2) is 30.3 Å². The maximum Gasteiger partial charge on any atom is 0.408 e.